The van der Waals surface area contributed by atoms with Gasteiger partial charge in [-0.15, -0.1) is 0 Å². The van der Waals surface area contributed by atoms with Gasteiger partial charge in [0.1, 0.15) is 41.9 Å². The molecule has 152 valence electrons. The number of hydrogen-bond donors (Lipinski definition) is 4. The summed E-state index contributed by atoms with van der Waals surface area (Å²) in [7, 11) is 0. The van der Waals surface area contributed by atoms with E-state index in [0.29, 0.717) is 23.4 Å². The maximum Gasteiger partial charge on any atom is 0.166 e. The lowest BCUT2D eigenvalue weighted by atomic mass is 10.00. The van der Waals surface area contributed by atoms with Crippen LogP contribution in [0.2, 0.25) is 0 Å². The van der Waals surface area contributed by atoms with Gasteiger partial charge in [0.2, 0.25) is 0 Å². The van der Waals surface area contributed by atoms with Crippen molar-refractivity contribution in [1.82, 2.24) is 14.5 Å². The predicted octanol–water partition coefficient (Wildman–Crippen LogP) is 0.188. The van der Waals surface area contributed by atoms with Gasteiger partial charge in [-0.05, 0) is 23.6 Å². The van der Waals surface area contributed by atoms with E-state index in [1.54, 1.807) is 4.57 Å². The Morgan fingerprint density at radius 3 is 2.69 bits per heavy atom. The van der Waals surface area contributed by atoms with Gasteiger partial charge in [0.05, 0.1) is 12.0 Å². The molecule has 0 radical (unpaired) electrons. The molecule has 29 heavy (non-hydrogen) atoms. The van der Waals surface area contributed by atoms with Crippen molar-refractivity contribution in [3.8, 4) is 0 Å². The number of hydrogen-bond acceptors (Lipinski definition) is 8. The van der Waals surface area contributed by atoms with Crippen LogP contribution in [0, 0.1) is 0 Å². The van der Waals surface area contributed by atoms with Crippen molar-refractivity contribution < 1.29 is 20.1 Å². The Kier molecular flexibility index (Phi) is 4.39. The molecule has 9 nitrogen and oxygen atoms in total. The molecule has 3 aromatic rings. The summed E-state index contributed by atoms with van der Waals surface area (Å²) in [4.78, 5) is 10.6. The number of nitrogens with two attached hydrogens (primary N) is 1. The number of aliphatic hydroxyl groups excluding tert-OH is 3. The second-order valence-corrected chi connectivity index (χ2v) is 7.54. The van der Waals surface area contributed by atoms with Gasteiger partial charge >= 0.3 is 0 Å². The second-order valence-electron chi connectivity index (χ2n) is 7.54. The molecule has 0 aliphatic carbocycles. The minimum atomic E-state index is -1.21. The van der Waals surface area contributed by atoms with Gasteiger partial charge in [-0.25, -0.2) is 9.97 Å². The molecule has 5 N–H and O–H groups in total. The summed E-state index contributed by atoms with van der Waals surface area (Å²) >= 11 is 0. The quantitative estimate of drug-likeness (QED) is 0.493. The molecule has 1 fully saturated rings. The number of aromatic nitrogens is 3. The number of fused-ring (bicyclic) bond motifs is 2. The van der Waals surface area contributed by atoms with E-state index in [-0.39, 0.29) is 0 Å². The standard InChI is InChI=1S/C20H23N5O4/c21-18-13-7-15(24-6-5-11-3-1-2-4-12(11)8-24)25(19(13)23-10-22-18)20-17(28)16(27)14(9-26)29-20/h1-4,7,10,14,16-17,20,26-28H,5-6,8-9H2,(H2,21,22,23)/t14-,16-,17-,20-/m1/s1. The third-order valence-electron chi connectivity index (χ3n) is 5.87. The Balaban J connectivity index is 1.63. The number of anilines is 2. The number of nitrogens with zero attached hydrogens (tertiary/aromatic N) is 4. The average Bonchev–Trinajstić information content (AvgIpc) is 3.26. The van der Waals surface area contributed by atoms with Gasteiger partial charge in [0.15, 0.2) is 6.23 Å². The van der Waals surface area contributed by atoms with Gasteiger partial charge in [0, 0.05) is 13.1 Å². The maximum absolute atomic E-state index is 10.6. The molecule has 0 spiro atoms. The monoisotopic (exact) mass is 397 g/mol. The number of nitrogen functional groups attached to an aromatic ring is 1. The summed E-state index contributed by atoms with van der Waals surface area (Å²) in [6.45, 7) is 1.07. The molecule has 4 atom stereocenters. The third kappa shape index (κ3) is 2.85. The van der Waals surface area contributed by atoms with Crippen molar-refractivity contribution in [2.45, 2.75) is 37.5 Å². The summed E-state index contributed by atoms with van der Waals surface area (Å²) in [5.74, 6) is 1.11. The lowest BCUT2D eigenvalue weighted by Crippen LogP contribution is -2.35. The molecule has 0 unspecified atom stereocenters. The zero-order valence-corrected chi connectivity index (χ0v) is 15.7. The molecule has 2 aliphatic rings. The van der Waals surface area contributed by atoms with E-state index in [9.17, 15) is 15.3 Å². The fraction of sp³-hybridized carbons (Fsp3) is 0.400. The fourth-order valence-corrected chi connectivity index (χ4v) is 4.32. The molecular weight excluding hydrogens is 374 g/mol. The average molecular weight is 397 g/mol. The minimum absolute atomic E-state index is 0.333. The molecule has 2 aliphatic heterocycles. The number of ether oxygens (including phenoxy) is 1. The first-order valence-electron chi connectivity index (χ1n) is 9.64. The largest absolute Gasteiger partial charge is 0.394 e. The van der Waals surface area contributed by atoms with E-state index in [1.165, 1.54) is 17.5 Å². The topological polar surface area (TPSA) is 130 Å². The van der Waals surface area contributed by atoms with Crippen molar-refractivity contribution in [3.05, 3.63) is 47.8 Å². The molecule has 0 amide bonds. The molecule has 9 heteroatoms. The van der Waals surface area contributed by atoms with Crippen LogP contribution >= 0.6 is 0 Å². The Morgan fingerprint density at radius 2 is 1.93 bits per heavy atom. The first kappa shape index (κ1) is 18.3. The Labute approximate surface area is 167 Å². The Bertz CT molecular complexity index is 1050. The number of aliphatic hydroxyl groups is 3. The third-order valence-corrected chi connectivity index (χ3v) is 5.87. The normalized spacial score (nSPS) is 26.8. The van der Waals surface area contributed by atoms with E-state index in [4.69, 9.17) is 10.5 Å². The van der Waals surface area contributed by atoms with E-state index in [2.05, 4.69) is 27.0 Å². The van der Waals surface area contributed by atoms with Crippen LogP contribution in [0.3, 0.4) is 0 Å². The van der Waals surface area contributed by atoms with Crippen molar-refractivity contribution in [2.75, 3.05) is 23.8 Å². The van der Waals surface area contributed by atoms with Crippen LogP contribution in [0.15, 0.2) is 36.7 Å². The smallest absolute Gasteiger partial charge is 0.166 e. The van der Waals surface area contributed by atoms with Gasteiger partial charge in [0.25, 0.3) is 0 Å². The van der Waals surface area contributed by atoms with Crippen LogP contribution in [0.25, 0.3) is 11.0 Å². The molecule has 1 saturated heterocycles. The highest BCUT2D eigenvalue weighted by molar-refractivity contribution is 5.90. The summed E-state index contributed by atoms with van der Waals surface area (Å²) in [6, 6.07) is 10.2. The first-order chi connectivity index (χ1) is 14.1. The lowest BCUT2D eigenvalue weighted by molar-refractivity contribution is -0.0502. The number of rotatable bonds is 3. The molecule has 0 saturated carbocycles. The van der Waals surface area contributed by atoms with Crippen LogP contribution < -0.4 is 10.6 Å². The van der Waals surface area contributed by atoms with Gasteiger partial charge in [-0.3, -0.25) is 4.57 Å². The number of benzene rings is 1. The molecule has 1 aromatic carbocycles. The summed E-state index contributed by atoms with van der Waals surface area (Å²) in [5, 5.41) is 31.1. The SMILES string of the molecule is Nc1ncnc2c1cc(N1CCc3ccccc3C1)n2[C@@H]1O[C@H](CO)[C@@H](O)[C@H]1O. The van der Waals surface area contributed by atoms with Crippen molar-refractivity contribution in [3.63, 3.8) is 0 Å². The van der Waals surface area contributed by atoms with Crippen molar-refractivity contribution >= 4 is 22.7 Å². The van der Waals surface area contributed by atoms with Crippen LogP contribution in [-0.4, -0.2) is 61.3 Å². The molecule has 2 aromatic heterocycles. The van der Waals surface area contributed by atoms with Crippen LogP contribution in [0.4, 0.5) is 11.6 Å². The summed E-state index contributed by atoms with van der Waals surface area (Å²) in [5.41, 5.74) is 9.15. The fourth-order valence-electron chi connectivity index (χ4n) is 4.32. The molecule has 5 rings (SSSR count). The molecular formula is C20H23N5O4. The van der Waals surface area contributed by atoms with E-state index < -0.39 is 31.1 Å². The summed E-state index contributed by atoms with van der Waals surface area (Å²) < 4.78 is 7.57. The van der Waals surface area contributed by atoms with Crippen LogP contribution in [0.1, 0.15) is 17.4 Å². The van der Waals surface area contributed by atoms with Gasteiger partial charge in [-0.2, -0.15) is 0 Å². The minimum Gasteiger partial charge on any atom is -0.394 e. The van der Waals surface area contributed by atoms with E-state index in [1.807, 2.05) is 18.2 Å². The van der Waals surface area contributed by atoms with Crippen molar-refractivity contribution in [1.29, 1.82) is 0 Å². The maximum atomic E-state index is 10.6. The van der Waals surface area contributed by atoms with E-state index in [0.717, 1.165) is 18.8 Å². The second kappa shape index (κ2) is 6.96. The molecule has 0 bridgehead atoms. The van der Waals surface area contributed by atoms with Crippen molar-refractivity contribution in [2.24, 2.45) is 0 Å². The van der Waals surface area contributed by atoms with Crippen LogP contribution in [-0.2, 0) is 17.7 Å². The highest BCUT2D eigenvalue weighted by Gasteiger charge is 2.45. The first-order valence-corrected chi connectivity index (χ1v) is 9.64. The van der Waals surface area contributed by atoms with Gasteiger partial charge < -0.3 is 30.7 Å². The summed E-state index contributed by atoms with van der Waals surface area (Å²) in [6.07, 6.45) is -1.94. The Hall–Kier alpha value is -2.72. The lowest BCUT2D eigenvalue weighted by Gasteiger charge is -2.33. The highest BCUT2D eigenvalue weighted by Crippen LogP contribution is 2.39. The van der Waals surface area contributed by atoms with Crippen LogP contribution in [0.5, 0.6) is 0 Å². The predicted molar refractivity (Wildman–Crippen MR) is 106 cm³/mol. The zero-order valence-electron chi connectivity index (χ0n) is 15.7. The highest BCUT2D eigenvalue weighted by atomic mass is 16.6. The van der Waals surface area contributed by atoms with Gasteiger partial charge in [-0.1, -0.05) is 24.3 Å². The zero-order chi connectivity index (χ0) is 20.1. The molecule has 4 heterocycles. The van der Waals surface area contributed by atoms with E-state index >= 15 is 0 Å². The Morgan fingerprint density at radius 1 is 1.14 bits per heavy atom.